The van der Waals surface area contributed by atoms with Gasteiger partial charge in [-0.25, -0.2) is 0 Å². The predicted molar refractivity (Wildman–Crippen MR) is 8.29 cm³/mol. The molecule has 0 unspecified atom stereocenters. The van der Waals surface area contributed by atoms with Gasteiger partial charge in [-0.2, -0.15) is 0 Å². The van der Waals surface area contributed by atoms with Crippen molar-refractivity contribution in [3.8, 4) is 0 Å². The first-order chi connectivity index (χ1) is 0. The van der Waals surface area contributed by atoms with Gasteiger partial charge in [0.2, 0.25) is 0 Å². The van der Waals surface area contributed by atoms with E-state index in [2.05, 4.69) is 0 Å². The number of rotatable bonds is 0. The summed E-state index contributed by atoms with van der Waals surface area (Å²) < 4.78 is 0. The smallest absolute Gasteiger partial charge is 2.00 e. The van der Waals surface area contributed by atoms with Crippen LogP contribution in [0.2, 0.25) is 0 Å². The summed E-state index contributed by atoms with van der Waals surface area (Å²) in [6.07, 6.45) is 0. The van der Waals surface area contributed by atoms with E-state index < -0.39 is 0 Å². The molecule has 0 rings (SSSR count). The molecule has 0 aromatic rings. The Morgan fingerprint density at radius 3 is 0.800 bits per heavy atom. The fourth-order valence-corrected chi connectivity index (χ4v) is 0. The topological polar surface area (TPSA) is 57.0 Å². The SMILES string of the molecule is [O-2].[O-2].[P].[Ti+4].[V]. The molecule has 5 heteroatoms. The van der Waals surface area contributed by atoms with E-state index in [9.17, 15) is 0 Å². The Balaban J connectivity index is 0. The summed E-state index contributed by atoms with van der Waals surface area (Å²) in [7, 11) is 0. The third-order valence-corrected chi connectivity index (χ3v) is 0. The van der Waals surface area contributed by atoms with Gasteiger partial charge in [-0.1, -0.05) is 0 Å². The summed E-state index contributed by atoms with van der Waals surface area (Å²) in [5.74, 6) is 0. The Hall–Kier alpha value is 1.65. The van der Waals surface area contributed by atoms with Crippen molar-refractivity contribution in [3.63, 3.8) is 0 Å². The molecule has 0 aromatic carbocycles. The second-order valence-electron chi connectivity index (χ2n) is 0. The maximum absolute atomic E-state index is 0. The van der Waals surface area contributed by atoms with E-state index in [1.54, 1.807) is 0 Å². The van der Waals surface area contributed by atoms with Crippen LogP contribution in [0, 0.1) is 0 Å². The predicted octanol–water partition coefficient (Wildman–Crippen LogP) is 0.619. The van der Waals surface area contributed by atoms with Crippen molar-refractivity contribution in [3.05, 3.63) is 0 Å². The van der Waals surface area contributed by atoms with Gasteiger partial charge in [0.05, 0.1) is 0 Å². The van der Waals surface area contributed by atoms with Crippen molar-refractivity contribution >= 4 is 9.90 Å². The minimum absolute atomic E-state index is 0. The van der Waals surface area contributed by atoms with E-state index in [-0.39, 0.29) is 61.1 Å². The normalized spacial score (nSPS) is 0. The molecule has 26 valence electrons. The zero-order valence-corrected chi connectivity index (χ0v) is 6.06. The van der Waals surface area contributed by atoms with Crippen LogP contribution in [0.25, 0.3) is 0 Å². The molecule has 0 bridgehead atoms. The maximum Gasteiger partial charge on any atom is 4.00 e. The van der Waals surface area contributed by atoms with Crippen molar-refractivity contribution in [2.75, 3.05) is 0 Å². The molecule has 2 nitrogen and oxygen atoms in total. The second kappa shape index (κ2) is 44.9. The molecule has 0 amide bonds. The number of hydrogen-bond acceptors (Lipinski definition) is 0. The molecule has 0 fully saturated rings. The molecule has 5 heavy (non-hydrogen) atoms. The van der Waals surface area contributed by atoms with Crippen LogP contribution in [0.5, 0.6) is 0 Å². The van der Waals surface area contributed by atoms with Crippen LogP contribution in [0.1, 0.15) is 0 Å². The Morgan fingerprint density at radius 2 is 0.800 bits per heavy atom. The number of hydrogen-bond donors (Lipinski definition) is 0. The molecule has 0 N–H and O–H groups in total. The molecule has 4 radical (unpaired) electrons. The molecule has 0 saturated carbocycles. The van der Waals surface area contributed by atoms with Crippen molar-refractivity contribution in [2.45, 2.75) is 0 Å². The van der Waals surface area contributed by atoms with Crippen LogP contribution < -0.4 is 0 Å². The third kappa shape index (κ3) is 27.7. The average molecular weight is 162 g/mol. The van der Waals surface area contributed by atoms with E-state index in [0.29, 0.717) is 0 Å². The summed E-state index contributed by atoms with van der Waals surface area (Å²) in [6, 6.07) is 0. The molecular weight excluding hydrogens is 162 g/mol. The van der Waals surface area contributed by atoms with Gasteiger partial charge in [-0.05, 0) is 0 Å². The van der Waals surface area contributed by atoms with Gasteiger partial charge in [0.1, 0.15) is 0 Å². The minimum atomic E-state index is 0. The van der Waals surface area contributed by atoms with Crippen molar-refractivity contribution in [2.24, 2.45) is 0 Å². The van der Waals surface area contributed by atoms with Crippen LogP contribution in [0.3, 0.4) is 0 Å². The first-order valence-electron chi connectivity index (χ1n) is 0. The largest absolute Gasteiger partial charge is 4.00 e. The van der Waals surface area contributed by atoms with E-state index in [1.807, 2.05) is 0 Å². The summed E-state index contributed by atoms with van der Waals surface area (Å²) in [5, 5.41) is 0. The van der Waals surface area contributed by atoms with E-state index in [1.165, 1.54) is 0 Å². The average Bonchev–Trinajstić information content (AvgIpc) is 0. The van der Waals surface area contributed by atoms with Crippen LogP contribution >= 0.6 is 9.90 Å². The molecule has 0 aliphatic rings. The standard InChI is InChI=1S/2O.P.Ti.V/q2*-2;;+4;. The summed E-state index contributed by atoms with van der Waals surface area (Å²) >= 11 is 0. The van der Waals surface area contributed by atoms with Gasteiger partial charge < -0.3 is 11.0 Å². The van der Waals surface area contributed by atoms with Gasteiger partial charge in [0.25, 0.3) is 0 Å². The molecule has 0 atom stereocenters. The van der Waals surface area contributed by atoms with Crippen LogP contribution in [0.4, 0.5) is 0 Å². The van der Waals surface area contributed by atoms with E-state index in [4.69, 9.17) is 0 Å². The monoisotopic (exact) mass is 162 g/mol. The Bertz CT molecular complexity index is 9.61. The fraction of sp³-hybridized carbons (Fsp3) is 0. The first kappa shape index (κ1) is 78.0. The molecule has 0 heterocycles. The van der Waals surface area contributed by atoms with Gasteiger partial charge in [-0.15, -0.1) is 0 Å². The van der Waals surface area contributed by atoms with Crippen LogP contribution in [0.15, 0.2) is 0 Å². The summed E-state index contributed by atoms with van der Waals surface area (Å²) in [4.78, 5) is 0. The Morgan fingerprint density at radius 1 is 0.800 bits per heavy atom. The molecule has 0 spiro atoms. The summed E-state index contributed by atoms with van der Waals surface area (Å²) in [5.41, 5.74) is 0. The quantitative estimate of drug-likeness (QED) is 0.370. The van der Waals surface area contributed by atoms with E-state index in [0.717, 1.165) is 0 Å². The molecule has 0 aromatic heterocycles. The molecule has 0 aliphatic heterocycles. The fourth-order valence-electron chi connectivity index (χ4n) is 0. The Labute approximate surface area is 61.1 Å². The Kier molecular flexibility index (Phi) is 701. The van der Waals surface area contributed by atoms with Crippen molar-refractivity contribution in [1.29, 1.82) is 0 Å². The molecule has 0 aliphatic carbocycles. The van der Waals surface area contributed by atoms with Crippen molar-refractivity contribution < 1.29 is 51.2 Å². The van der Waals surface area contributed by atoms with Crippen molar-refractivity contribution in [1.82, 2.24) is 0 Å². The van der Waals surface area contributed by atoms with Gasteiger partial charge in [-0.3, -0.25) is 0 Å². The first-order valence-corrected chi connectivity index (χ1v) is 0. The maximum atomic E-state index is 0. The second-order valence-corrected chi connectivity index (χ2v) is 0. The van der Waals surface area contributed by atoms with Crippen LogP contribution in [-0.2, 0) is 51.2 Å². The molecular formula is O2PTiV. The van der Waals surface area contributed by atoms with Gasteiger partial charge >= 0.3 is 21.7 Å². The van der Waals surface area contributed by atoms with Gasteiger partial charge in [0, 0.05) is 28.5 Å². The zero-order chi connectivity index (χ0) is 0. The summed E-state index contributed by atoms with van der Waals surface area (Å²) in [6.45, 7) is 0. The van der Waals surface area contributed by atoms with Crippen LogP contribution in [-0.4, -0.2) is 0 Å². The zero-order valence-electron chi connectivity index (χ0n) is 2.21. The van der Waals surface area contributed by atoms with E-state index >= 15 is 0 Å². The third-order valence-electron chi connectivity index (χ3n) is 0. The van der Waals surface area contributed by atoms with Gasteiger partial charge in [0.15, 0.2) is 0 Å². The minimum Gasteiger partial charge on any atom is -2.00 e. The molecule has 0 saturated heterocycles.